The van der Waals surface area contributed by atoms with E-state index in [1.807, 2.05) is 23.6 Å². The smallest absolute Gasteiger partial charge is 0.341 e. The van der Waals surface area contributed by atoms with Gasteiger partial charge in [0.05, 0.1) is 0 Å². The average Bonchev–Trinajstić information content (AvgIpc) is 3.42. The molecule has 0 spiro atoms. The second-order valence-corrected chi connectivity index (χ2v) is 8.19. The predicted molar refractivity (Wildman–Crippen MR) is 110 cm³/mol. The Hall–Kier alpha value is -3.46. The Balaban J connectivity index is 1.60. The van der Waals surface area contributed by atoms with E-state index in [2.05, 4.69) is 21.5 Å². The number of aliphatic carboxylic acids is 1. The fourth-order valence-corrected chi connectivity index (χ4v) is 4.97. The Morgan fingerprint density at radius 1 is 1.27 bits per heavy atom. The van der Waals surface area contributed by atoms with Gasteiger partial charge in [-0.25, -0.2) is 9.48 Å². The number of nitrogens with one attached hydrogen (secondary N) is 1. The summed E-state index contributed by atoms with van der Waals surface area (Å²) in [6, 6.07) is 10.7. The minimum Gasteiger partial charge on any atom is -0.482 e. The fourth-order valence-electron chi connectivity index (χ4n) is 4.14. The van der Waals surface area contributed by atoms with Crippen LogP contribution in [0.5, 0.6) is 5.75 Å². The molecule has 30 heavy (non-hydrogen) atoms. The van der Waals surface area contributed by atoms with Crippen LogP contribution in [0.2, 0.25) is 0 Å². The SMILES string of the molecule is O=C(O)COc1ccccc1[C@H]1C2=C(C[C@H](c3cccs3)CC2=O)Nc2ncnn21. The van der Waals surface area contributed by atoms with E-state index in [0.29, 0.717) is 35.7 Å². The lowest BCUT2D eigenvalue weighted by atomic mass is 9.80. The van der Waals surface area contributed by atoms with Gasteiger partial charge < -0.3 is 15.2 Å². The lowest BCUT2D eigenvalue weighted by Gasteiger charge is -2.35. The van der Waals surface area contributed by atoms with Crippen molar-refractivity contribution in [3.05, 3.63) is 69.8 Å². The minimum absolute atomic E-state index is 0.0429. The molecule has 2 N–H and O–H groups in total. The quantitative estimate of drug-likeness (QED) is 0.650. The van der Waals surface area contributed by atoms with Crippen molar-refractivity contribution >= 4 is 29.0 Å². The number of fused-ring (bicyclic) bond motifs is 1. The molecule has 1 aromatic carbocycles. The number of aromatic nitrogens is 3. The van der Waals surface area contributed by atoms with Crippen molar-refractivity contribution in [1.29, 1.82) is 0 Å². The third kappa shape index (κ3) is 3.17. The third-order valence-corrected chi connectivity index (χ3v) is 6.41. The number of thiophene rings is 1. The first-order valence-electron chi connectivity index (χ1n) is 9.51. The number of para-hydroxylation sites is 1. The summed E-state index contributed by atoms with van der Waals surface area (Å²) in [4.78, 5) is 29.8. The van der Waals surface area contributed by atoms with Crippen molar-refractivity contribution in [2.45, 2.75) is 24.8 Å². The van der Waals surface area contributed by atoms with Gasteiger partial charge in [0.1, 0.15) is 18.1 Å². The maximum atomic E-state index is 13.3. The molecule has 3 aromatic rings. The monoisotopic (exact) mass is 422 g/mol. The Labute approximate surface area is 175 Å². The van der Waals surface area contributed by atoms with Crippen molar-refractivity contribution in [2.24, 2.45) is 0 Å². The van der Waals surface area contributed by atoms with Gasteiger partial charge in [0.15, 0.2) is 12.4 Å². The standard InChI is InChI=1S/C21H18N4O4S/c26-15-9-12(17-6-3-7-30-17)8-14-19(15)20(25-21(24-14)22-11-23-25)13-4-1-2-5-16(13)29-10-18(27)28/h1-7,11-12,20H,8-10H2,(H,27,28)(H,22,23,24)/t12-,20-/m0/s1. The summed E-state index contributed by atoms with van der Waals surface area (Å²) in [6.07, 6.45) is 2.55. The number of ether oxygens (including phenoxy) is 1. The number of carbonyl (C=O) groups is 2. The number of allylic oxidation sites excluding steroid dienone is 2. The topological polar surface area (TPSA) is 106 Å². The normalized spacial score (nSPS) is 20.3. The van der Waals surface area contributed by atoms with E-state index in [1.165, 1.54) is 11.2 Å². The van der Waals surface area contributed by atoms with Gasteiger partial charge in [-0.2, -0.15) is 10.1 Å². The Bertz CT molecular complexity index is 1150. The van der Waals surface area contributed by atoms with Gasteiger partial charge in [-0.15, -0.1) is 11.3 Å². The van der Waals surface area contributed by atoms with Crippen LogP contribution >= 0.6 is 11.3 Å². The van der Waals surface area contributed by atoms with Crippen molar-refractivity contribution < 1.29 is 19.4 Å². The number of carboxylic acid groups (broad SMARTS) is 1. The van der Waals surface area contributed by atoms with Gasteiger partial charge in [0, 0.05) is 34.0 Å². The molecule has 1 aliphatic carbocycles. The molecular formula is C21H18N4O4S. The van der Waals surface area contributed by atoms with Crippen LogP contribution in [0.4, 0.5) is 5.95 Å². The first kappa shape index (κ1) is 18.6. The Morgan fingerprint density at radius 2 is 2.13 bits per heavy atom. The number of hydrogen-bond acceptors (Lipinski definition) is 7. The predicted octanol–water partition coefficient (Wildman–Crippen LogP) is 3.22. The maximum absolute atomic E-state index is 13.3. The number of nitrogens with zero attached hydrogens (tertiary/aromatic N) is 3. The van der Waals surface area contributed by atoms with Crippen LogP contribution in [0, 0.1) is 0 Å². The van der Waals surface area contributed by atoms with Crippen molar-refractivity contribution in [1.82, 2.24) is 14.8 Å². The van der Waals surface area contributed by atoms with Gasteiger partial charge in [-0.1, -0.05) is 24.3 Å². The second-order valence-electron chi connectivity index (χ2n) is 7.21. The van der Waals surface area contributed by atoms with E-state index in [9.17, 15) is 9.59 Å². The highest BCUT2D eigenvalue weighted by Gasteiger charge is 2.40. The van der Waals surface area contributed by atoms with Crippen LogP contribution in [0.3, 0.4) is 0 Å². The molecule has 2 aromatic heterocycles. The molecule has 9 heteroatoms. The number of ketones is 1. The van der Waals surface area contributed by atoms with Crippen LogP contribution in [0.25, 0.3) is 0 Å². The number of rotatable bonds is 5. The maximum Gasteiger partial charge on any atom is 0.341 e. The molecule has 0 saturated heterocycles. The van der Waals surface area contributed by atoms with E-state index < -0.39 is 18.6 Å². The summed E-state index contributed by atoms with van der Waals surface area (Å²) in [5, 5.41) is 18.7. The zero-order valence-electron chi connectivity index (χ0n) is 15.8. The fraction of sp³-hybridized carbons (Fsp3) is 0.238. The molecule has 0 saturated carbocycles. The van der Waals surface area contributed by atoms with Crippen LogP contribution < -0.4 is 10.1 Å². The molecule has 5 rings (SSSR count). The van der Waals surface area contributed by atoms with E-state index in [0.717, 1.165) is 5.70 Å². The summed E-state index contributed by atoms with van der Waals surface area (Å²) in [5.41, 5.74) is 2.15. The van der Waals surface area contributed by atoms with E-state index in [1.54, 1.807) is 28.2 Å². The Morgan fingerprint density at radius 3 is 2.93 bits per heavy atom. The summed E-state index contributed by atoms with van der Waals surface area (Å²) in [5.74, 6) is 0.0578. The molecule has 152 valence electrons. The number of carboxylic acids is 1. The number of anilines is 1. The molecular weight excluding hydrogens is 404 g/mol. The molecule has 0 unspecified atom stereocenters. The molecule has 0 amide bonds. The molecule has 8 nitrogen and oxygen atoms in total. The van der Waals surface area contributed by atoms with Crippen LogP contribution in [-0.2, 0) is 9.59 Å². The highest BCUT2D eigenvalue weighted by molar-refractivity contribution is 7.10. The van der Waals surface area contributed by atoms with Crippen molar-refractivity contribution in [3.8, 4) is 5.75 Å². The van der Waals surface area contributed by atoms with Gasteiger partial charge in [-0.3, -0.25) is 4.79 Å². The first-order chi connectivity index (χ1) is 14.6. The molecule has 3 heterocycles. The molecule has 0 fully saturated rings. The van der Waals surface area contributed by atoms with E-state index in [-0.39, 0.29) is 11.7 Å². The van der Waals surface area contributed by atoms with Gasteiger partial charge >= 0.3 is 5.97 Å². The highest BCUT2D eigenvalue weighted by Crippen LogP contribution is 2.46. The molecule has 0 radical (unpaired) electrons. The largest absolute Gasteiger partial charge is 0.482 e. The Kier molecular flexibility index (Phi) is 4.59. The number of benzene rings is 1. The zero-order chi connectivity index (χ0) is 20.7. The summed E-state index contributed by atoms with van der Waals surface area (Å²) in [6.45, 7) is -0.466. The van der Waals surface area contributed by atoms with Gasteiger partial charge in [0.25, 0.3) is 0 Å². The molecule has 1 aliphatic heterocycles. The first-order valence-corrected chi connectivity index (χ1v) is 10.4. The number of Topliss-reactive ketones (excluding diaryl/α,β-unsaturated/α-hetero) is 1. The van der Waals surface area contributed by atoms with Crippen LogP contribution in [-0.4, -0.2) is 38.2 Å². The van der Waals surface area contributed by atoms with Crippen LogP contribution in [0.1, 0.15) is 35.2 Å². The lowest BCUT2D eigenvalue weighted by molar-refractivity contribution is -0.139. The lowest BCUT2D eigenvalue weighted by Crippen LogP contribution is -2.33. The second kappa shape index (κ2) is 7.42. The summed E-state index contributed by atoms with van der Waals surface area (Å²) >= 11 is 1.66. The van der Waals surface area contributed by atoms with Crippen LogP contribution in [0.15, 0.2) is 59.4 Å². The average molecular weight is 422 g/mol. The van der Waals surface area contributed by atoms with E-state index in [4.69, 9.17) is 9.84 Å². The molecule has 0 bridgehead atoms. The van der Waals surface area contributed by atoms with Crippen molar-refractivity contribution in [3.63, 3.8) is 0 Å². The highest BCUT2D eigenvalue weighted by atomic mass is 32.1. The molecule has 2 atom stereocenters. The molecule has 2 aliphatic rings. The van der Waals surface area contributed by atoms with E-state index >= 15 is 0 Å². The third-order valence-electron chi connectivity index (χ3n) is 5.37. The summed E-state index contributed by atoms with van der Waals surface area (Å²) < 4.78 is 7.18. The van der Waals surface area contributed by atoms with Crippen molar-refractivity contribution in [2.75, 3.05) is 11.9 Å². The minimum atomic E-state index is -1.07. The summed E-state index contributed by atoms with van der Waals surface area (Å²) in [7, 11) is 0. The number of hydrogen-bond donors (Lipinski definition) is 2. The van der Waals surface area contributed by atoms with Gasteiger partial charge in [0.2, 0.25) is 5.95 Å². The zero-order valence-corrected chi connectivity index (χ0v) is 16.6. The number of carbonyl (C=O) groups excluding carboxylic acids is 1. The van der Waals surface area contributed by atoms with Gasteiger partial charge in [-0.05, 0) is 23.9 Å².